The molecule has 0 radical (unpaired) electrons. The number of hydroxylamine groups is 4. The molecule has 26 heavy (non-hydrogen) atoms. The molecule has 0 spiro atoms. The van der Waals surface area contributed by atoms with Crippen LogP contribution in [0, 0.1) is 0 Å². The predicted molar refractivity (Wildman–Crippen MR) is 105 cm³/mol. The highest BCUT2D eigenvalue weighted by Gasteiger charge is 2.20. The molecule has 134 valence electrons. The van der Waals surface area contributed by atoms with E-state index in [9.17, 15) is 0 Å². The highest BCUT2D eigenvalue weighted by atomic mass is 17.0. The van der Waals surface area contributed by atoms with E-state index in [0.29, 0.717) is 6.61 Å². The van der Waals surface area contributed by atoms with Crippen molar-refractivity contribution in [3.63, 3.8) is 0 Å². The Labute approximate surface area is 155 Å². The van der Waals surface area contributed by atoms with Crippen molar-refractivity contribution in [3.8, 4) is 5.75 Å². The van der Waals surface area contributed by atoms with E-state index in [1.807, 2.05) is 75.6 Å². The van der Waals surface area contributed by atoms with E-state index in [-0.39, 0.29) is 4.81 Å². The molecular formula is C22H25N2O2+. The van der Waals surface area contributed by atoms with Gasteiger partial charge in [-0.2, -0.15) is 4.84 Å². The van der Waals surface area contributed by atoms with Crippen LogP contribution in [-0.2, 0) is 4.84 Å². The number of hydrogen-bond acceptors (Lipinski definition) is 3. The van der Waals surface area contributed by atoms with E-state index in [1.54, 1.807) is 0 Å². The van der Waals surface area contributed by atoms with Gasteiger partial charge in [0, 0.05) is 17.4 Å². The summed E-state index contributed by atoms with van der Waals surface area (Å²) in [5, 5.41) is 0. The van der Waals surface area contributed by atoms with Crippen molar-refractivity contribution in [2.24, 2.45) is 0 Å². The zero-order valence-corrected chi connectivity index (χ0v) is 15.5. The molecule has 0 N–H and O–H groups in total. The molecule has 0 aliphatic rings. The second kappa shape index (κ2) is 8.04. The summed E-state index contributed by atoms with van der Waals surface area (Å²) < 4.78 is 0. The summed E-state index contributed by atoms with van der Waals surface area (Å²) in [5.41, 5.74) is 3.21. The lowest BCUT2D eigenvalue weighted by Gasteiger charge is -2.27. The van der Waals surface area contributed by atoms with E-state index < -0.39 is 0 Å². The summed E-state index contributed by atoms with van der Waals surface area (Å²) in [6, 6.07) is 28.6. The SMILES string of the molecule is CCO[N+](C)(C)Oc1cccc(N(c2ccccc2)c2ccccc2)c1. The second-order valence-corrected chi connectivity index (χ2v) is 6.26. The first-order valence-corrected chi connectivity index (χ1v) is 8.77. The zero-order valence-electron chi connectivity index (χ0n) is 15.5. The third-order valence-electron chi connectivity index (χ3n) is 3.87. The van der Waals surface area contributed by atoms with Gasteiger partial charge in [0.1, 0.15) is 20.7 Å². The molecule has 0 fully saturated rings. The van der Waals surface area contributed by atoms with Gasteiger partial charge in [0.05, 0.1) is 5.69 Å². The standard InChI is InChI=1S/C22H25N2O2/c1-4-25-24(2,3)26-22-17-11-16-21(18-22)23(19-12-7-5-8-13-19)20-14-9-6-10-15-20/h5-18H,4H2,1-3H3/q+1. The van der Waals surface area contributed by atoms with Crippen LogP contribution < -0.4 is 9.74 Å². The molecular weight excluding hydrogens is 324 g/mol. The fourth-order valence-electron chi connectivity index (χ4n) is 2.87. The lowest BCUT2D eigenvalue weighted by molar-refractivity contribution is -1.20. The molecule has 0 saturated carbocycles. The van der Waals surface area contributed by atoms with Gasteiger partial charge in [-0.05, 0) is 48.1 Å². The third kappa shape index (κ3) is 4.42. The number of benzene rings is 3. The van der Waals surface area contributed by atoms with Gasteiger partial charge in [-0.3, -0.25) is 4.84 Å². The van der Waals surface area contributed by atoms with E-state index in [2.05, 4.69) is 35.2 Å². The van der Waals surface area contributed by atoms with Crippen molar-refractivity contribution in [3.05, 3.63) is 84.9 Å². The Morgan fingerprint density at radius 1 is 0.731 bits per heavy atom. The minimum absolute atomic E-state index is 0.0105. The van der Waals surface area contributed by atoms with Crippen LogP contribution in [0.5, 0.6) is 5.75 Å². The van der Waals surface area contributed by atoms with Gasteiger partial charge >= 0.3 is 0 Å². The number of hydrogen-bond donors (Lipinski definition) is 0. The van der Waals surface area contributed by atoms with Gasteiger partial charge in [0.25, 0.3) is 0 Å². The van der Waals surface area contributed by atoms with Crippen molar-refractivity contribution in [2.75, 3.05) is 25.6 Å². The van der Waals surface area contributed by atoms with Gasteiger partial charge in [0.15, 0.2) is 5.75 Å². The van der Waals surface area contributed by atoms with Crippen LogP contribution in [0.15, 0.2) is 84.9 Å². The summed E-state index contributed by atoms with van der Waals surface area (Å²) >= 11 is 0. The van der Waals surface area contributed by atoms with E-state index in [0.717, 1.165) is 22.8 Å². The Balaban J connectivity index is 1.99. The number of quaternary nitrogens is 1. The first-order valence-electron chi connectivity index (χ1n) is 8.77. The summed E-state index contributed by atoms with van der Waals surface area (Å²) in [6.07, 6.45) is 0. The lowest BCUT2D eigenvalue weighted by atomic mass is 10.2. The predicted octanol–water partition coefficient (Wildman–Crippen LogP) is 5.48. The van der Waals surface area contributed by atoms with Crippen LogP contribution >= 0.6 is 0 Å². The second-order valence-electron chi connectivity index (χ2n) is 6.26. The molecule has 0 aliphatic heterocycles. The summed E-state index contributed by atoms with van der Waals surface area (Å²) in [4.78, 5) is 13.8. The van der Waals surface area contributed by atoms with Gasteiger partial charge < -0.3 is 4.90 Å². The van der Waals surface area contributed by atoms with Crippen molar-refractivity contribution < 1.29 is 14.5 Å². The maximum atomic E-state index is 5.99. The van der Waals surface area contributed by atoms with Gasteiger partial charge in [0.2, 0.25) is 0 Å². The molecule has 4 heteroatoms. The number of para-hydroxylation sites is 2. The lowest BCUT2D eigenvalue weighted by Crippen LogP contribution is -2.42. The fourth-order valence-corrected chi connectivity index (χ4v) is 2.87. The van der Waals surface area contributed by atoms with Crippen LogP contribution in [0.4, 0.5) is 17.1 Å². The van der Waals surface area contributed by atoms with Gasteiger partial charge in [-0.1, -0.05) is 42.5 Å². The molecule has 0 aliphatic carbocycles. The van der Waals surface area contributed by atoms with Crippen LogP contribution in [-0.4, -0.2) is 25.5 Å². The number of rotatable bonds is 7. The monoisotopic (exact) mass is 349 g/mol. The minimum Gasteiger partial charge on any atom is -0.310 e. The Hall–Kier alpha value is -2.82. The molecule has 3 aromatic carbocycles. The molecule has 0 heterocycles. The smallest absolute Gasteiger partial charge is 0.196 e. The molecule has 0 aromatic heterocycles. The largest absolute Gasteiger partial charge is 0.310 e. The Morgan fingerprint density at radius 2 is 1.27 bits per heavy atom. The maximum Gasteiger partial charge on any atom is 0.196 e. The highest BCUT2D eigenvalue weighted by Crippen LogP contribution is 2.35. The summed E-state index contributed by atoms with van der Waals surface area (Å²) in [7, 11) is 3.73. The molecule has 0 bridgehead atoms. The van der Waals surface area contributed by atoms with Crippen LogP contribution in [0.3, 0.4) is 0 Å². The van der Waals surface area contributed by atoms with Crippen molar-refractivity contribution in [1.82, 2.24) is 0 Å². The van der Waals surface area contributed by atoms with E-state index in [4.69, 9.17) is 9.68 Å². The molecule has 0 saturated heterocycles. The van der Waals surface area contributed by atoms with Gasteiger partial charge in [-0.15, -0.1) is 0 Å². The Morgan fingerprint density at radius 3 is 1.81 bits per heavy atom. The third-order valence-corrected chi connectivity index (χ3v) is 3.87. The molecule has 4 nitrogen and oxygen atoms in total. The van der Waals surface area contributed by atoms with Gasteiger partial charge in [-0.25, -0.2) is 0 Å². The maximum absolute atomic E-state index is 5.99. The van der Waals surface area contributed by atoms with Crippen molar-refractivity contribution >= 4 is 17.1 Å². The molecule has 3 rings (SSSR count). The van der Waals surface area contributed by atoms with Crippen LogP contribution in [0.1, 0.15) is 6.92 Å². The Bertz CT molecular complexity index is 780. The molecule has 0 unspecified atom stereocenters. The van der Waals surface area contributed by atoms with Crippen molar-refractivity contribution in [2.45, 2.75) is 6.92 Å². The summed E-state index contributed by atoms with van der Waals surface area (Å²) in [6.45, 7) is 2.53. The van der Waals surface area contributed by atoms with Crippen molar-refractivity contribution in [1.29, 1.82) is 0 Å². The number of anilines is 3. The number of nitrogens with zero attached hydrogens (tertiary/aromatic N) is 2. The molecule has 0 amide bonds. The highest BCUT2D eigenvalue weighted by molar-refractivity contribution is 5.76. The minimum atomic E-state index is 0.0105. The Kier molecular flexibility index (Phi) is 5.56. The summed E-state index contributed by atoms with van der Waals surface area (Å²) in [5.74, 6) is 0.748. The quantitative estimate of drug-likeness (QED) is 0.416. The average Bonchev–Trinajstić information content (AvgIpc) is 2.64. The first kappa shape index (κ1) is 18.0. The van der Waals surface area contributed by atoms with Crippen LogP contribution in [0.25, 0.3) is 0 Å². The van der Waals surface area contributed by atoms with Crippen LogP contribution in [0.2, 0.25) is 0 Å². The molecule has 3 aromatic rings. The zero-order chi connectivity index (χ0) is 18.4. The molecule has 0 atom stereocenters. The normalized spacial score (nSPS) is 11.2. The van der Waals surface area contributed by atoms with E-state index >= 15 is 0 Å². The fraction of sp³-hybridized carbons (Fsp3) is 0.182. The van der Waals surface area contributed by atoms with E-state index in [1.165, 1.54) is 0 Å². The topological polar surface area (TPSA) is 21.7 Å². The first-order chi connectivity index (χ1) is 12.6. The average molecular weight is 349 g/mol.